The summed E-state index contributed by atoms with van der Waals surface area (Å²) in [6, 6.07) is 18.1. The van der Waals surface area contributed by atoms with Crippen LogP contribution in [0.4, 0.5) is 11.5 Å². The maximum Gasteiger partial charge on any atom is 0.263 e. The second-order valence-corrected chi connectivity index (χ2v) is 10.5. The molecule has 1 N–H and O–H groups in total. The van der Waals surface area contributed by atoms with Crippen molar-refractivity contribution in [3.63, 3.8) is 0 Å². The molecule has 5 rings (SSSR count). The number of carbonyl (C=O) groups is 1. The van der Waals surface area contributed by atoms with E-state index in [9.17, 15) is 13.2 Å². The van der Waals surface area contributed by atoms with Crippen LogP contribution in [-0.4, -0.2) is 60.6 Å². The number of hydrogen-bond acceptors (Lipinski definition) is 10. The molecule has 2 aromatic carbocycles. The highest BCUT2D eigenvalue weighted by Gasteiger charge is 2.16. The summed E-state index contributed by atoms with van der Waals surface area (Å²) in [4.78, 5) is 22.7. The van der Waals surface area contributed by atoms with Gasteiger partial charge in [-0.3, -0.25) is 9.52 Å². The fourth-order valence-corrected chi connectivity index (χ4v) is 5.16. The second-order valence-electron chi connectivity index (χ2n) is 8.42. The van der Waals surface area contributed by atoms with E-state index in [4.69, 9.17) is 17.0 Å². The van der Waals surface area contributed by atoms with Gasteiger partial charge in [-0.05, 0) is 48.5 Å². The highest BCUT2D eigenvalue weighted by atomic mass is 32.2. The summed E-state index contributed by atoms with van der Waals surface area (Å²) >= 11 is 5.69. The Morgan fingerprint density at radius 2 is 1.77 bits per heavy atom. The number of aldehydes is 1. The van der Waals surface area contributed by atoms with Crippen molar-refractivity contribution < 1.29 is 17.9 Å². The van der Waals surface area contributed by atoms with Crippen molar-refractivity contribution >= 4 is 56.6 Å². The van der Waals surface area contributed by atoms with Crippen molar-refractivity contribution in [2.24, 2.45) is 10.3 Å². The summed E-state index contributed by atoms with van der Waals surface area (Å²) in [5, 5.41) is 8.60. The van der Waals surface area contributed by atoms with Crippen molar-refractivity contribution in [1.82, 2.24) is 19.5 Å². The highest BCUT2D eigenvalue weighted by molar-refractivity contribution is 7.92. The Labute approximate surface area is 229 Å². The smallest absolute Gasteiger partial charge is 0.263 e. The third-order valence-electron chi connectivity index (χ3n) is 5.81. The Bertz CT molecular complexity index is 1720. The summed E-state index contributed by atoms with van der Waals surface area (Å²) in [6.07, 6.45) is 3.96. The van der Waals surface area contributed by atoms with Gasteiger partial charge in [0, 0.05) is 25.5 Å². The number of pyridine rings is 1. The maximum atomic E-state index is 12.7. The number of ether oxygens (including phenoxy) is 1. The second kappa shape index (κ2) is 11.6. The summed E-state index contributed by atoms with van der Waals surface area (Å²) in [5.74, 6) is 0.216. The standard InChI is InChI=1S/C26H23N7O4S2/c34-18-19(17-32-13-15-37-16-14-32)25-26(38)33(23-6-2-1-5-22(23)28-25)31-29-20-8-10-21(11-9-20)39(35,36)30-24-7-3-4-12-27-24/h1-12,17-18H,13-16H2,(H,27,30)/b19-17-,31-29?. The summed E-state index contributed by atoms with van der Waals surface area (Å²) in [6.45, 7) is 2.45. The molecule has 0 spiro atoms. The van der Waals surface area contributed by atoms with Crippen LogP contribution in [0.3, 0.4) is 0 Å². The lowest BCUT2D eigenvalue weighted by molar-refractivity contribution is -0.103. The molecule has 0 amide bonds. The fraction of sp³-hybridized carbons (Fsp3) is 0.154. The lowest BCUT2D eigenvalue weighted by atomic mass is 10.2. The Morgan fingerprint density at radius 1 is 1.03 bits per heavy atom. The van der Waals surface area contributed by atoms with Crippen LogP contribution in [0.2, 0.25) is 0 Å². The molecule has 1 aliphatic rings. The monoisotopic (exact) mass is 561 g/mol. The van der Waals surface area contributed by atoms with Crippen LogP contribution in [0.25, 0.3) is 16.6 Å². The number of aromatic nitrogens is 3. The van der Waals surface area contributed by atoms with Crippen LogP contribution in [0.1, 0.15) is 5.69 Å². The third kappa shape index (κ3) is 6.06. The van der Waals surface area contributed by atoms with Gasteiger partial charge in [0.25, 0.3) is 10.0 Å². The number of sulfonamides is 1. The Hall–Kier alpha value is -4.33. The van der Waals surface area contributed by atoms with Gasteiger partial charge in [-0.2, -0.15) is 4.68 Å². The minimum atomic E-state index is -3.83. The number of hydrogen-bond donors (Lipinski definition) is 1. The Morgan fingerprint density at radius 3 is 2.49 bits per heavy atom. The zero-order valence-corrected chi connectivity index (χ0v) is 22.2. The molecule has 2 aromatic heterocycles. The molecule has 1 aliphatic heterocycles. The van der Waals surface area contributed by atoms with E-state index >= 15 is 0 Å². The van der Waals surface area contributed by atoms with Gasteiger partial charge < -0.3 is 9.64 Å². The first-order valence-corrected chi connectivity index (χ1v) is 13.8. The van der Waals surface area contributed by atoms with Gasteiger partial charge in [0.1, 0.15) is 11.5 Å². The average molecular weight is 562 g/mol. The predicted molar refractivity (Wildman–Crippen MR) is 148 cm³/mol. The van der Waals surface area contributed by atoms with E-state index in [1.165, 1.54) is 35.1 Å². The van der Waals surface area contributed by atoms with E-state index in [2.05, 4.69) is 25.0 Å². The van der Waals surface area contributed by atoms with Crippen LogP contribution in [0.5, 0.6) is 0 Å². The van der Waals surface area contributed by atoms with Crippen molar-refractivity contribution in [3.8, 4) is 0 Å². The fourth-order valence-electron chi connectivity index (χ4n) is 3.85. The van der Waals surface area contributed by atoms with E-state index < -0.39 is 10.0 Å². The molecule has 0 radical (unpaired) electrons. The molecule has 13 heteroatoms. The molecule has 11 nitrogen and oxygen atoms in total. The molecule has 1 saturated heterocycles. The van der Waals surface area contributed by atoms with E-state index in [0.29, 0.717) is 54.3 Å². The van der Waals surface area contributed by atoms with E-state index in [1.54, 1.807) is 36.5 Å². The number of nitrogens with one attached hydrogen (secondary N) is 1. The van der Waals surface area contributed by atoms with Gasteiger partial charge in [0.15, 0.2) is 10.9 Å². The lowest BCUT2D eigenvalue weighted by Gasteiger charge is -2.25. The normalized spacial score (nSPS) is 14.6. The number of para-hydroxylation sites is 2. The number of rotatable bonds is 8. The molecule has 3 heterocycles. The molecular formula is C26H23N7O4S2. The SMILES string of the molecule is O=C/C(=C/N1CCOCC1)c1nc2ccccc2n(N=Nc2ccc(S(=O)(=O)Nc3ccccn3)cc2)c1=S. The van der Waals surface area contributed by atoms with Crippen LogP contribution >= 0.6 is 12.2 Å². The minimum Gasteiger partial charge on any atom is -0.378 e. The summed E-state index contributed by atoms with van der Waals surface area (Å²) < 4.78 is 34.8. The molecule has 0 aliphatic carbocycles. The van der Waals surface area contributed by atoms with Crippen molar-refractivity contribution in [3.05, 3.63) is 89.5 Å². The molecule has 198 valence electrons. The van der Waals surface area contributed by atoms with Crippen LogP contribution in [-0.2, 0) is 19.6 Å². The first-order chi connectivity index (χ1) is 18.9. The van der Waals surface area contributed by atoms with E-state index in [-0.39, 0.29) is 15.4 Å². The first kappa shape index (κ1) is 26.3. The van der Waals surface area contributed by atoms with Gasteiger partial charge in [0.05, 0.1) is 40.4 Å². The molecule has 39 heavy (non-hydrogen) atoms. The van der Waals surface area contributed by atoms with Gasteiger partial charge in [-0.25, -0.2) is 18.4 Å². The van der Waals surface area contributed by atoms with Crippen LogP contribution < -0.4 is 4.72 Å². The van der Waals surface area contributed by atoms with Crippen LogP contribution in [0.15, 0.2) is 94.4 Å². The first-order valence-electron chi connectivity index (χ1n) is 11.9. The quantitative estimate of drug-likeness (QED) is 0.145. The molecular weight excluding hydrogens is 538 g/mol. The van der Waals surface area contributed by atoms with Gasteiger partial charge in [0.2, 0.25) is 0 Å². The van der Waals surface area contributed by atoms with Gasteiger partial charge in [-0.1, -0.05) is 35.6 Å². The number of morpholine rings is 1. The van der Waals surface area contributed by atoms with E-state index in [0.717, 1.165) is 6.29 Å². The Balaban J connectivity index is 1.47. The van der Waals surface area contributed by atoms with Crippen molar-refractivity contribution in [1.29, 1.82) is 0 Å². The minimum absolute atomic E-state index is 0.0456. The van der Waals surface area contributed by atoms with Crippen molar-refractivity contribution in [2.75, 3.05) is 31.0 Å². The Kier molecular flexibility index (Phi) is 7.81. The average Bonchev–Trinajstić information content (AvgIpc) is 2.96. The molecule has 4 aromatic rings. The van der Waals surface area contributed by atoms with Crippen LogP contribution in [0, 0.1) is 4.64 Å². The summed E-state index contributed by atoms with van der Waals surface area (Å²) in [5.41, 5.74) is 2.22. The summed E-state index contributed by atoms with van der Waals surface area (Å²) in [7, 11) is -3.83. The van der Waals surface area contributed by atoms with Gasteiger partial charge >= 0.3 is 0 Å². The van der Waals surface area contributed by atoms with Crippen molar-refractivity contribution in [2.45, 2.75) is 4.90 Å². The molecule has 0 atom stereocenters. The number of fused-ring (bicyclic) bond motifs is 1. The third-order valence-corrected chi connectivity index (χ3v) is 7.54. The number of nitrogens with zero attached hydrogens (tertiary/aromatic N) is 6. The molecule has 0 unspecified atom stereocenters. The topological polar surface area (TPSA) is 131 Å². The zero-order chi connectivity index (χ0) is 27.2. The maximum absolute atomic E-state index is 12.7. The number of allylic oxidation sites excluding steroid dienone is 1. The predicted octanol–water partition coefficient (Wildman–Crippen LogP) is 4.38. The largest absolute Gasteiger partial charge is 0.378 e. The number of benzene rings is 2. The highest BCUT2D eigenvalue weighted by Crippen LogP contribution is 2.23. The number of carbonyl (C=O) groups excluding carboxylic acids is 1. The molecule has 1 fully saturated rings. The lowest BCUT2D eigenvalue weighted by Crippen LogP contribution is -2.32. The van der Waals surface area contributed by atoms with Gasteiger partial charge in [-0.15, -0.1) is 5.11 Å². The molecule has 0 bridgehead atoms. The zero-order valence-electron chi connectivity index (χ0n) is 20.5. The number of anilines is 1. The van der Waals surface area contributed by atoms with E-state index in [1.807, 2.05) is 17.0 Å². The molecule has 0 saturated carbocycles.